The first-order valence-corrected chi connectivity index (χ1v) is 5.30. The summed E-state index contributed by atoms with van der Waals surface area (Å²) in [7, 11) is 0. The number of nitrogens with zero attached hydrogens (tertiary/aromatic N) is 2. The van der Waals surface area contributed by atoms with Crippen LogP contribution < -0.4 is 23.0 Å². The van der Waals surface area contributed by atoms with E-state index < -0.39 is 17.5 Å². The molecule has 1 aliphatic heterocycles. The molecule has 0 spiro atoms. The summed E-state index contributed by atoms with van der Waals surface area (Å²) in [6, 6.07) is 0. The van der Waals surface area contributed by atoms with Crippen LogP contribution in [0.2, 0.25) is 0 Å². The summed E-state index contributed by atoms with van der Waals surface area (Å²) in [6.07, 6.45) is 3.87. The average molecular weight is 254 g/mol. The van der Waals surface area contributed by atoms with Gasteiger partial charge in [0.15, 0.2) is 6.23 Å². The number of aromatic nitrogens is 2. The van der Waals surface area contributed by atoms with Gasteiger partial charge in [0, 0.05) is 11.8 Å². The molecule has 0 saturated carbocycles. The largest absolute Gasteiger partial charge is 0.352 e. The molecule has 1 aliphatic rings. The Bertz CT molecular complexity index is 589. The molecule has 2 heterocycles. The van der Waals surface area contributed by atoms with Crippen molar-refractivity contribution in [2.75, 3.05) is 12.4 Å². The maximum atomic E-state index is 11.8. The first-order valence-electron chi connectivity index (χ1n) is 5.30. The van der Waals surface area contributed by atoms with Gasteiger partial charge in [-0.25, -0.2) is 10.7 Å². The lowest BCUT2D eigenvalue weighted by Gasteiger charge is -2.16. The fourth-order valence-corrected chi connectivity index (χ4v) is 1.74. The molecule has 0 fully saturated rings. The number of nitrogen functional groups attached to an aromatic ring is 1. The van der Waals surface area contributed by atoms with Gasteiger partial charge < -0.3 is 15.4 Å². The van der Waals surface area contributed by atoms with Crippen LogP contribution in [0, 0.1) is 6.92 Å². The minimum Gasteiger partial charge on any atom is -0.344 e. The molecule has 4 N–H and O–H groups in total. The second-order valence-electron chi connectivity index (χ2n) is 3.96. The maximum absolute atomic E-state index is 11.8. The number of aryl methyl sites for hydroxylation is 1. The molecule has 0 amide bonds. The molecule has 98 valence electrons. The molecule has 2 unspecified atom stereocenters. The predicted octanol–water partition coefficient (Wildman–Crippen LogP) is -1.62. The third-order valence-corrected chi connectivity index (χ3v) is 2.66. The summed E-state index contributed by atoms with van der Waals surface area (Å²) in [4.78, 5) is 27.7. The third kappa shape index (κ3) is 2.08. The van der Waals surface area contributed by atoms with Gasteiger partial charge in [0.2, 0.25) is 0 Å². The van der Waals surface area contributed by atoms with Crippen molar-refractivity contribution in [3.05, 3.63) is 44.8 Å². The Morgan fingerprint density at radius 2 is 2.17 bits per heavy atom. The summed E-state index contributed by atoms with van der Waals surface area (Å²) in [5.74, 6) is 10.3. The fraction of sp³-hybridized carbons (Fsp3) is 0.400. The van der Waals surface area contributed by atoms with Crippen molar-refractivity contribution in [1.82, 2.24) is 9.24 Å². The molecule has 18 heavy (non-hydrogen) atoms. The highest BCUT2D eigenvalue weighted by molar-refractivity contribution is 5.07. The van der Waals surface area contributed by atoms with E-state index in [0.29, 0.717) is 10.2 Å². The zero-order chi connectivity index (χ0) is 13.3. The lowest BCUT2D eigenvalue weighted by Crippen LogP contribution is -2.46. The Balaban J connectivity index is 2.35. The zero-order valence-corrected chi connectivity index (χ0v) is 9.78. The first kappa shape index (κ1) is 12.6. The summed E-state index contributed by atoms with van der Waals surface area (Å²) in [5.41, 5.74) is -0.817. The summed E-state index contributed by atoms with van der Waals surface area (Å²) in [5, 5.41) is 0. The van der Waals surface area contributed by atoms with Gasteiger partial charge in [-0.2, -0.15) is 4.68 Å². The van der Waals surface area contributed by atoms with Crippen molar-refractivity contribution in [1.29, 1.82) is 0 Å². The van der Waals surface area contributed by atoms with Gasteiger partial charge >= 0.3 is 5.69 Å². The number of rotatable bonds is 3. The van der Waals surface area contributed by atoms with Gasteiger partial charge in [0.1, 0.15) is 6.10 Å². The molecule has 2 atom stereocenters. The van der Waals surface area contributed by atoms with Gasteiger partial charge in [-0.05, 0) is 13.0 Å². The van der Waals surface area contributed by atoms with Gasteiger partial charge in [-0.1, -0.05) is 6.08 Å². The molecule has 0 bridgehead atoms. The normalized spacial score (nSPS) is 22.6. The number of ether oxygens (including phenoxy) is 1. The smallest absolute Gasteiger partial charge is 0.344 e. The molecule has 0 saturated heterocycles. The quantitative estimate of drug-likeness (QED) is 0.380. The van der Waals surface area contributed by atoms with Crippen molar-refractivity contribution in [3.63, 3.8) is 0 Å². The second kappa shape index (κ2) is 4.77. The lowest BCUT2D eigenvalue weighted by atomic mass is 10.3. The molecule has 0 aliphatic carbocycles. The summed E-state index contributed by atoms with van der Waals surface area (Å²) < 4.78 is 7.29. The van der Waals surface area contributed by atoms with Gasteiger partial charge in [-0.15, -0.1) is 0 Å². The van der Waals surface area contributed by atoms with Crippen LogP contribution in [-0.4, -0.2) is 22.0 Å². The van der Waals surface area contributed by atoms with E-state index in [-0.39, 0.29) is 12.7 Å². The van der Waals surface area contributed by atoms with E-state index in [1.165, 1.54) is 10.8 Å². The van der Waals surface area contributed by atoms with Crippen LogP contribution in [0.1, 0.15) is 11.8 Å². The molecule has 8 nitrogen and oxygen atoms in total. The Kier molecular flexibility index (Phi) is 3.32. The lowest BCUT2D eigenvalue weighted by molar-refractivity contribution is -0.0314. The van der Waals surface area contributed by atoms with Gasteiger partial charge in [0.25, 0.3) is 5.56 Å². The van der Waals surface area contributed by atoms with Crippen LogP contribution in [0.3, 0.4) is 0 Å². The third-order valence-electron chi connectivity index (χ3n) is 2.66. The van der Waals surface area contributed by atoms with E-state index in [2.05, 4.69) is 4.84 Å². The second-order valence-corrected chi connectivity index (χ2v) is 3.96. The molecule has 1 aromatic heterocycles. The van der Waals surface area contributed by atoms with E-state index in [0.717, 1.165) is 0 Å². The van der Waals surface area contributed by atoms with Gasteiger partial charge in [-0.3, -0.25) is 9.36 Å². The van der Waals surface area contributed by atoms with E-state index in [1.54, 1.807) is 19.1 Å². The minimum absolute atomic E-state index is 0.184. The molecular formula is C10H14N4O4. The van der Waals surface area contributed by atoms with Gasteiger partial charge in [0.05, 0.1) is 6.61 Å². The van der Waals surface area contributed by atoms with Crippen molar-refractivity contribution in [3.8, 4) is 0 Å². The monoisotopic (exact) mass is 254 g/mol. The fourth-order valence-electron chi connectivity index (χ4n) is 1.74. The highest BCUT2D eigenvalue weighted by Crippen LogP contribution is 2.19. The molecule has 0 radical (unpaired) electrons. The Morgan fingerprint density at radius 1 is 1.44 bits per heavy atom. The van der Waals surface area contributed by atoms with E-state index >= 15 is 0 Å². The maximum Gasteiger partial charge on any atom is 0.352 e. The Morgan fingerprint density at radius 3 is 2.83 bits per heavy atom. The van der Waals surface area contributed by atoms with Crippen molar-refractivity contribution >= 4 is 0 Å². The van der Waals surface area contributed by atoms with Crippen molar-refractivity contribution < 1.29 is 9.57 Å². The van der Waals surface area contributed by atoms with Crippen LogP contribution in [0.4, 0.5) is 0 Å². The van der Waals surface area contributed by atoms with Crippen molar-refractivity contribution in [2.45, 2.75) is 19.3 Å². The van der Waals surface area contributed by atoms with E-state index in [4.69, 9.17) is 16.5 Å². The minimum atomic E-state index is -0.644. The van der Waals surface area contributed by atoms with Crippen LogP contribution >= 0.6 is 0 Å². The SMILES string of the molecule is Cc1cn(C2C=CC(CON)O2)c(=O)n(N)c1=O. The molecule has 2 rings (SSSR count). The summed E-state index contributed by atoms with van der Waals surface area (Å²) in [6.45, 7) is 1.75. The Hall–Kier alpha value is -1.90. The van der Waals surface area contributed by atoms with Crippen LogP contribution in [0.15, 0.2) is 27.9 Å². The first-order chi connectivity index (χ1) is 8.54. The highest BCUT2D eigenvalue weighted by atomic mass is 16.6. The van der Waals surface area contributed by atoms with E-state index in [1.807, 2.05) is 0 Å². The number of nitrogens with two attached hydrogens (primary N) is 2. The number of hydrogen-bond donors (Lipinski definition) is 2. The van der Waals surface area contributed by atoms with Crippen LogP contribution in [0.5, 0.6) is 0 Å². The zero-order valence-electron chi connectivity index (χ0n) is 9.78. The van der Waals surface area contributed by atoms with Crippen LogP contribution in [0.25, 0.3) is 0 Å². The average Bonchev–Trinajstić information content (AvgIpc) is 2.80. The topological polar surface area (TPSA) is 114 Å². The summed E-state index contributed by atoms with van der Waals surface area (Å²) >= 11 is 0. The Labute approximate surface area is 102 Å². The number of hydrogen-bond acceptors (Lipinski definition) is 6. The standard InChI is InChI=1S/C10H14N4O4/c1-6-4-13(10(16)14(11)9(6)15)8-3-2-7(18-8)5-17-12/h2-4,7-8H,5,11-12H2,1H3. The predicted molar refractivity (Wildman–Crippen MR) is 63.0 cm³/mol. The molecule has 1 aromatic rings. The van der Waals surface area contributed by atoms with E-state index in [9.17, 15) is 9.59 Å². The van der Waals surface area contributed by atoms with Crippen molar-refractivity contribution in [2.24, 2.45) is 5.90 Å². The molecule has 0 aromatic carbocycles. The highest BCUT2D eigenvalue weighted by Gasteiger charge is 2.22. The molecular weight excluding hydrogens is 240 g/mol. The van der Waals surface area contributed by atoms with Crippen LogP contribution in [-0.2, 0) is 9.57 Å². The molecule has 8 heteroatoms.